The highest BCUT2D eigenvalue weighted by Gasteiger charge is 2.28. The second-order valence-corrected chi connectivity index (χ2v) is 7.93. The number of aliphatic carboxylic acids is 1. The summed E-state index contributed by atoms with van der Waals surface area (Å²) in [5, 5.41) is 12.2. The van der Waals surface area contributed by atoms with Crippen LogP contribution in [0.1, 0.15) is 64.1 Å². The van der Waals surface area contributed by atoms with Crippen LogP contribution in [0.3, 0.4) is 0 Å². The Bertz CT molecular complexity index is 603. The van der Waals surface area contributed by atoms with Crippen LogP contribution >= 0.6 is 0 Å². The van der Waals surface area contributed by atoms with Gasteiger partial charge in [0.25, 0.3) is 0 Å². The van der Waals surface area contributed by atoms with Crippen LogP contribution in [0.15, 0.2) is 24.3 Å². The third-order valence-electron chi connectivity index (χ3n) is 4.73. The molecule has 138 valence electrons. The highest BCUT2D eigenvalue weighted by atomic mass is 16.5. The molecular formula is C20H29NO4. The van der Waals surface area contributed by atoms with E-state index >= 15 is 0 Å². The van der Waals surface area contributed by atoms with Gasteiger partial charge in [0.1, 0.15) is 0 Å². The molecule has 2 rings (SSSR count). The Morgan fingerprint density at radius 2 is 1.92 bits per heavy atom. The van der Waals surface area contributed by atoms with Gasteiger partial charge in [-0.05, 0) is 36.3 Å². The van der Waals surface area contributed by atoms with Gasteiger partial charge in [-0.3, -0.25) is 9.59 Å². The quantitative estimate of drug-likeness (QED) is 0.855. The first-order valence-corrected chi connectivity index (χ1v) is 8.91. The molecule has 1 heterocycles. The van der Waals surface area contributed by atoms with Gasteiger partial charge in [0.05, 0.1) is 18.6 Å². The van der Waals surface area contributed by atoms with Gasteiger partial charge >= 0.3 is 5.97 Å². The molecule has 0 spiro atoms. The molecular weight excluding hydrogens is 318 g/mol. The number of carbonyl (C=O) groups is 2. The molecule has 1 aliphatic rings. The van der Waals surface area contributed by atoms with E-state index in [4.69, 9.17) is 4.74 Å². The van der Waals surface area contributed by atoms with Gasteiger partial charge in [-0.15, -0.1) is 0 Å². The van der Waals surface area contributed by atoms with Crippen molar-refractivity contribution in [3.8, 4) is 0 Å². The van der Waals surface area contributed by atoms with Crippen LogP contribution in [-0.2, 0) is 19.7 Å². The lowest BCUT2D eigenvalue weighted by molar-refractivity contribution is -0.138. The van der Waals surface area contributed by atoms with Crippen LogP contribution < -0.4 is 5.32 Å². The largest absolute Gasteiger partial charge is 0.481 e. The first kappa shape index (κ1) is 19.4. The fraction of sp³-hybridized carbons (Fsp3) is 0.600. The van der Waals surface area contributed by atoms with Crippen LogP contribution in [0, 0.1) is 5.92 Å². The molecule has 0 bridgehead atoms. The first-order valence-electron chi connectivity index (χ1n) is 8.91. The van der Waals surface area contributed by atoms with Crippen LogP contribution in [0.5, 0.6) is 0 Å². The minimum Gasteiger partial charge on any atom is -0.481 e. The molecule has 0 aromatic heterocycles. The molecule has 0 unspecified atom stereocenters. The minimum atomic E-state index is -0.925. The standard InChI is InChI=1S/C20H29NO4/c1-13-11-15(9-10-25-13)19(24)21-17(12-18(22)23)14-5-7-16(8-6-14)20(2,3)4/h5-8,13,15,17H,9-12H2,1-4H3,(H,21,24)(H,22,23)/t13-,15+,17-/m1/s1. The number of ether oxygens (including phenoxy) is 1. The molecule has 1 amide bonds. The molecule has 1 fully saturated rings. The van der Waals surface area contributed by atoms with Gasteiger partial charge in [0.15, 0.2) is 0 Å². The van der Waals surface area contributed by atoms with Crippen molar-refractivity contribution in [2.24, 2.45) is 5.92 Å². The van der Waals surface area contributed by atoms with Crippen molar-refractivity contribution in [1.29, 1.82) is 0 Å². The van der Waals surface area contributed by atoms with Crippen LogP contribution in [0.2, 0.25) is 0 Å². The van der Waals surface area contributed by atoms with E-state index in [-0.39, 0.29) is 29.8 Å². The molecule has 1 aliphatic heterocycles. The highest BCUT2D eigenvalue weighted by molar-refractivity contribution is 5.80. The number of carbonyl (C=O) groups excluding carboxylic acids is 1. The van der Waals surface area contributed by atoms with E-state index in [1.807, 2.05) is 31.2 Å². The Morgan fingerprint density at radius 3 is 2.44 bits per heavy atom. The van der Waals surface area contributed by atoms with Crippen molar-refractivity contribution in [2.45, 2.75) is 64.5 Å². The number of carboxylic acids is 1. The fourth-order valence-corrected chi connectivity index (χ4v) is 3.17. The molecule has 0 radical (unpaired) electrons. The van der Waals surface area contributed by atoms with Gasteiger partial charge in [0.2, 0.25) is 5.91 Å². The monoisotopic (exact) mass is 347 g/mol. The molecule has 25 heavy (non-hydrogen) atoms. The second kappa shape index (κ2) is 8.00. The number of hydrogen-bond donors (Lipinski definition) is 2. The van der Waals surface area contributed by atoms with Gasteiger partial charge in [0, 0.05) is 12.5 Å². The lowest BCUT2D eigenvalue weighted by Gasteiger charge is -2.28. The maximum atomic E-state index is 12.6. The summed E-state index contributed by atoms with van der Waals surface area (Å²) < 4.78 is 5.48. The predicted molar refractivity (Wildman–Crippen MR) is 96.4 cm³/mol. The lowest BCUT2D eigenvalue weighted by Crippen LogP contribution is -2.39. The van der Waals surface area contributed by atoms with Gasteiger partial charge < -0.3 is 15.2 Å². The average Bonchev–Trinajstić information content (AvgIpc) is 2.53. The highest BCUT2D eigenvalue weighted by Crippen LogP contribution is 2.26. The number of hydrogen-bond acceptors (Lipinski definition) is 3. The Labute approximate surface area is 149 Å². The summed E-state index contributed by atoms with van der Waals surface area (Å²) in [4.78, 5) is 23.8. The summed E-state index contributed by atoms with van der Waals surface area (Å²) in [6.45, 7) is 8.92. The molecule has 0 aliphatic carbocycles. The van der Waals surface area contributed by atoms with Gasteiger partial charge in [-0.2, -0.15) is 0 Å². The Kier molecular flexibility index (Phi) is 6.22. The SMILES string of the molecule is C[C@@H]1C[C@@H](C(=O)N[C@H](CC(=O)O)c2ccc(C(C)(C)C)cc2)CCO1. The van der Waals surface area contributed by atoms with Crippen molar-refractivity contribution >= 4 is 11.9 Å². The normalized spacial score (nSPS) is 22.2. The van der Waals surface area contributed by atoms with Crippen molar-refractivity contribution in [3.63, 3.8) is 0 Å². The maximum Gasteiger partial charge on any atom is 0.305 e. The van der Waals surface area contributed by atoms with E-state index in [2.05, 4.69) is 26.1 Å². The van der Waals surface area contributed by atoms with Crippen molar-refractivity contribution < 1.29 is 19.4 Å². The molecule has 3 atom stereocenters. The number of rotatable bonds is 5. The Balaban J connectivity index is 2.12. The predicted octanol–water partition coefficient (Wildman–Crippen LogP) is 3.43. The van der Waals surface area contributed by atoms with E-state index in [9.17, 15) is 14.7 Å². The molecule has 5 nitrogen and oxygen atoms in total. The van der Waals surface area contributed by atoms with Crippen LogP contribution in [0.25, 0.3) is 0 Å². The zero-order valence-electron chi connectivity index (χ0n) is 15.5. The van der Waals surface area contributed by atoms with E-state index in [0.29, 0.717) is 19.4 Å². The van der Waals surface area contributed by atoms with E-state index in [1.54, 1.807) is 0 Å². The zero-order valence-corrected chi connectivity index (χ0v) is 15.5. The number of amides is 1. The van der Waals surface area contributed by atoms with Crippen molar-refractivity contribution in [1.82, 2.24) is 5.32 Å². The zero-order chi connectivity index (χ0) is 18.6. The van der Waals surface area contributed by atoms with Crippen LogP contribution in [0.4, 0.5) is 0 Å². The fourth-order valence-electron chi connectivity index (χ4n) is 3.17. The number of carboxylic acid groups (broad SMARTS) is 1. The third-order valence-corrected chi connectivity index (χ3v) is 4.73. The summed E-state index contributed by atoms with van der Waals surface area (Å²) in [6, 6.07) is 7.33. The molecule has 2 N–H and O–H groups in total. The van der Waals surface area contributed by atoms with E-state index < -0.39 is 12.0 Å². The summed E-state index contributed by atoms with van der Waals surface area (Å²) in [5.41, 5.74) is 2.03. The number of benzene rings is 1. The molecule has 5 heteroatoms. The van der Waals surface area contributed by atoms with Crippen LogP contribution in [-0.4, -0.2) is 29.7 Å². The van der Waals surface area contributed by atoms with Crippen molar-refractivity contribution in [2.75, 3.05) is 6.61 Å². The van der Waals surface area contributed by atoms with E-state index in [1.165, 1.54) is 5.56 Å². The average molecular weight is 347 g/mol. The first-order chi connectivity index (χ1) is 11.7. The van der Waals surface area contributed by atoms with E-state index in [0.717, 1.165) is 5.56 Å². The summed E-state index contributed by atoms with van der Waals surface area (Å²) in [6.07, 6.45) is 1.29. The number of nitrogens with one attached hydrogen (secondary N) is 1. The summed E-state index contributed by atoms with van der Waals surface area (Å²) in [7, 11) is 0. The van der Waals surface area contributed by atoms with Gasteiger partial charge in [-0.25, -0.2) is 0 Å². The molecule has 1 aromatic carbocycles. The Hall–Kier alpha value is -1.88. The van der Waals surface area contributed by atoms with Crippen molar-refractivity contribution in [3.05, 3.63) is 35.4 Å². The molecule has 1 saturated heterocycles. The van der Waals surface area contributed by atoms with Gasteiger partial charge in [-0.1, -0.05) is 45.0 Å². The smallest absolute Gasteiger partial charge is 0.305 e. The summed E-state index contributed by atoms with van der Waals surface area (Å²) in [5.74, 6) is -1.12. The third kappa shape index (κ3) is 5.56. The second-order valence-electron chi connectivity index (χ2n) is 7.93. The molecule has 0 saturated carbocycles. The topological polar surface area (TPSA) is 75.6 Å². The molecule has 1 aromatic rings. The maximum absolute atomic E-state index is 12.6. The minimum absolute atomic E-state index is 0.0301. The lowest BCUT2D eigenvalue weighted by atomic mass is 9.86. The summed E-state index contributed by atoms with van der Waals surface area (Å²) >= 11 is 0. The Morgan fingerprint density at radius 1 is 1.28 bits per heavy atom.